The highest BCUT2D eigenvalue weighted by atomic mass is 16.5. The summed E-state index contributed by atoms with van der Waals surface area (Å²) in [6.45, 7) is 1.09. The van der Waals surface area contributed by atoms with Crippen LogP contribution < -0.4 is 15.5 Å². The van der Waals surface area contributed by atoms with Crippen LogP contribution in [-0.2, 0) is 4.79 Å². The number of nitrogens with zero attached hydrogens (tertiary/aromatic N) is 2. The van der Waals surface area contributed by atoms with Crippen molar-refractivity contribution in [3.8, 4) is 5.75 Å². The zero-order valence-electron chi connectivity index (χ0n) is 11.8. The molecule has 2 aromatic rings. The van der Waals surface area contributed by atoms with Gasteiger partial charge in [0, 0.05) is 6.08 Å². The van der Waals surface area contributed by atoms with Crippen LogP contribution in [0.2, 0.25) is 0 Å². The number of anilines is 1. The van der Waals surface area contributed by atoms with Gasteiger partial charge in [0.05, 0.1) is 24.6 Å². The van der Waals surface area contributed by atoms with E-state index in [0.717, 1.165) is 11.8 Å². The zero-order valence-corrected chi connectivity index (χ0v) is 11.8. The summed E-state index contributed by atoms with van der Waals surface area (Å²) >= 11 is 0. The predicted molar refractivity (Wildman–Crippen MR) is 81.4 cm³/mol. The van der Waals surface area contributed by atoms with E-state index in [1.807, 2.05) is 30.3 Å². The Morgan fingerprint density at radius 1 is 1.23 bits per heavy atom. The topological polar surface area (TPSA) is 96.4 Å². The third kappa shape index (κ3) is 5.22. The summed E-state index contributed by atoms with van der Waals surface area (Å²) in [5.41, 5.74) is 2.00. The number of ether oxygens (including phenoxy) is 1. The summed E-state index contributed by atoms with van der Waals surface area (Å²) < 4.78 is 5.54. The number of aromatic nitrogens is 2. The summed E-state index contributed by atoms with van der Waals surface area (Å²) in [5.74, 6) is 0.806. The molecular weight excluding hydrogens is 284 g/mol. The molecule has 1 amide bonds. The van der Waals surface area contributed by atoms with E-state index in [2.05, 4.69) is 15.3 Å². The van der Waals surface area contributed by atoms with Crippen molar-refractivity contribution in [2.24, 2.45) is 0 Å². The molecule has 0 unspecified atom stereocenters. The number of rotatable bonds is 7. The quantitative estimate of drug-likeness (QED) is 0.310. The lowest BCUT2D eigenvalue weighted by molar-refractivity contribution is -0.124. The lowest BCUT2D eigenvalue weighted by Gasteiger charge is -2.07. The van der Waals surface area contributed by atoms with Gasteiger partial charge < -0.3 is 10.1 Å². The minimum atomic E-state index is -0.623. The molecule has 1 aromatic heterocycles. The van der Waals surface area contributed by atoms with E-state index in [-0.39, 0.29) is 0 Å². The second-order valence-corrected chi connectivity index (χ2v) is 4.22. The van der Waals surface area contributed by atoms with Crippen LogP contribution >= 0.6 is 0 Å². The molecule has 0 spiro atoms. The summed E-state index contributed by atoms with van der Waals surface area (Å²) in [6.07, 6.45) is 5.67. The van der Waals surface area contributed by atoms with Crippen LogP contribution in [0.1, 0.15) is 5.69 Å². The maximum Gasteiger partial charge on any atom is 0.267 e. The number of para-hydroxylation sites is 1. The van der Waals surface area contributed by atoms with Crippen molar-refractivity contribution < 1.29 is 14.7 Å². The molecule has 2 rings (SSSR count). The molecule has 0 saturated carbocycles. The van der Waals surface area contributed by atoms with Gasteiger partial charge in [-0.1, -0.05) is 18.2 Å². The average Bonchev–Trinajstić information content (AvgIpc) is 2.58. The fourth-order valence-corrected chi connectivity index (χ4v) is 1.58. The lowest BCUT2D eigenvalue weighted by Crippen LogP contribution is -2.15. The van der Waals surface area contributed by atoms with Gasteiger partial charge in [-0.25, -0.2) is 10.5 Å². The Kier molecular flexibility index (Phi) is 5.89. The zero-order chi connectivity index (χ0) is 15.6. The maximum absolute atomic E-state index is 10.8. The first-order valence-electron chi connectivity index (χ1n) is 6.64. The summed E-state index contributed by atoms with van der Waals surface area (Å²) in [6, 6.07) is 9.54. The number of hydrogen-bond acceptors (Lipinski definition) is 6. The average molecular weight is 300 g/mol. The van der Waals surface area contributed by atoms with Gasteiger partial charge in [0.1, 0.15) is 18.2 Å². The molecule has 0 saturated heterocycles. The van der Waals surface area contributed by atoms with Crippen molar-refractivity contribution in [1.82, 2.24) is 15.4 Å². The summed E-state index contributed by atoms with van der Waals surface area (Å²) in [5, 5.41) is 11.4. The van der Waals surface area contributed by atoms with E-state index in [0.29, 0.717) is 24.7 Å². The van der Waals surface area contributed by atoms with Crippen molar-refractivity contribution in [3.05, 3.63) is 54.5 Å². The number of nitrogens with one attached hydrogen (secondary N) is 2. The molecule has 1 heterocycles. The predicted octanol–water partition coefficient (Wildman–Crippen LogP) is 1.49. The summed E-state index contributed by atoms with van der Waals surface area (Å²) in [7, 11) is 0. The van der Waals surface area contributed by atoms with E-state index >= 15 is 0 Å². The van der Waals surface area contributed by atoms with Crippen LogP contribution in [0.4, 0.5) is 5.82 Å². The molecule has 7 nitrogen and oxygen atoms in total. The normalized spacial score (nSPS) is 10.4. The largest absolute Gasteiger partial charge is 0.492 e. The Morgan fingerprint density at radius 2 is 2.05 bits per heavy atom. The van der Waals surface area contributed by atoms with Gasteiger partial charge in [0.15, 0.2) is 0 Å². The van der Waals surface area contributed by atoms with E-state index in [4.69, 9.17) is 9.94 Å². The van der Waals surface area contributed by atoms with Crippen molar-refractivity contribution in [2.75, 3.05) is 18.5 Å². The van der Waals surface area contributed by atoms with Crippen LogP contribution in [-0.4, -0.2) is 34.2 Å². The lowest BCUT2D eigenvalue weighted by atomic mass is 10.3. The number of hydroxylamine groups is 1. The van der Waals surface area contributed by atoms with E-state index < -0.39 is 5.91 Å². The van der Waals surface area contributed by atoms with Crippen LogP contribution in [0.15, 0.2) is 48.8 Å². The monoisotopic (exact) mass is 300 g/mol. The molecule has 1 aromatic carbocycles. The first-order chi connectivity index (χ1) is 10.8. The van der Waals surface area contributed by atoms with Gasteiger partial charge in [-0.3, -0.25) is 15.0 Å². The number of hydrogen-bond donors (Lipinski definition) is 3. The van der Waals surface area contributed by atoms with Gasteiger partial charge in [0.25, 0.3) is 5.91 Å². The number of benzene rings is 1. The van der Waals surface area contributed by atoms with Crippen molar-refractivity contribution >= 4 is 17.8 Å². The van der Waals surface area contributed by atoms with Crippen LogP contribution in [0.5, 0.6) is 5.75 Å². The maximum atomic E-state index is 10.8. The molecule has 0 fully saturated rings. The van der Waals surface area contributed by atoms with Crippen LogP contribution in [0.3, 0.4) is 0 Å². The second-order valence-electron chi connectivity index (χ2n) is 4.22. The minimum Gasteiger partial charge on any atom is -0.492 e. The smallest absolute Gasteiger partial charge is 0.267 e. The molecule has 0 aliphatic rings. The van der Waals surface area contributed by atoms with Crippen LogP contribution in [0.25, 0.3) is 6.08 Å². The van der Waals surface area contributed by atoms with Gasteiger partial charge in [-0.05, 0) is 18.2 Å². The molecular formula is C15H16N4O3. The minimum absolute atomic E-state index is 0.504. The Bertz CT molecular complexity index is 614. The number of carbonyl (C=O) groups excluding carboxylic acids is 1. The Morgan fingerprint density at radius 3 is 2.73 bits per heavy atom. The Balaban J connectivity index is 1.74. The first kappa shape index (κ1) is 15.5. The molecule has 22 heavy (non-hydrogen) atoms. The highest BCUT2D eigenvalue weighted by Gasteiger charge is 1.97. The standard InChI is InChI=1S/C15H16N4O3/c20-15(19-21)7-6-12-10-18-14(11-17-12)16-8-9-22-13-4-2-1-3-5-13/h1-7,10-11,21H,8-9H2,(H,16,18)(H,19,20)/b7-6+. The first-order valence-corrected chi connectivity index (χ1v) is 6.64. The highest BCUT2D eigenvalue weighted by Crippen LogP contribution is 2.08. The molecule has 0 aliphatic heterocycles. The van der Waals surface area contributed by atoms with Gasteiger partial charge in [0.2, 0.25) is 0 Å². The molecule has 3 N–H and O–H groups in total. The fourth-order valence-electron chi connectivity index (χ4n) is 1.58. The number of amides is 1. The van der Waals surface area contributed by atoms with Crippen molar-refractivity contribution in [2.45, 2.75) is 0 Å². The molecule has 0 bridgehead atoms. The van der Waals surface area contributed by atoms with Gasteiger partial charge >= 0.3 is 0 Å². The SMILES string of the molecule is O=C(/C=C/c1cnc(NCCOc2ccccc2)cn1)NO. The van der Waals surface area contributed by atoms with E-state index in [1.54, 1.807) is 6.20 Å². The van der Waals surface area contributed by atoms with Crippen LogP contribution in [0, 0.1) is 0 Å². The number of carbonyl (C=O) groups is 1. The molecule has 7 heteroatoms. The molecule has 0 radical (unpaired) electrons. The second kappa shape index (κ2) is 8.38. The third-order valence-electron chi connectivity index (χ3n) is 2.61. The van der Waals surface area contributed by atoms with Crippen molar-refractivity contribution in [1.29, 1.82) is 0 Å². The Hall–Kier alpha value is -2.93. The Labute approximate surface area is 127 Å². The molecule has 114 valence electrons. The fraction of sp³-hybridized carbons (Fsp3) is 0.133. The molecule has 0 aliphatic carbocycles. The van der Waals surface area contributed by atoms with Gasteiger partial charge in [-0.15, -0.1) is 0 Å². The van der Waals surface area contributed by atoms with E-state index in [9.17, 15) is 4.79 Å². The molecule has 0 atom stereocenters. The highest BCUT2D eigenvalue weighted by molar-refractivity contribution is 5.90. The van der Waals surface area contributed by atoms with E-state index in [1.165, 1.54) is 17.8 Å². The third-order valence-corrected chi connectivity index (χ3v) is 2.61. The van der Waals surface area contributed by atoms with Crippen molar-refractivity contribution in [3.63, 3.8) is 0 Å². The van der Waals surface area contributed by atoms with Gasteiger partial charge in [-0.2, -0.15) is 0 Å². The summed E-state index contributed by atoms with van der Waals surface area (Å²) in [4.78, 5) is 19.1.